The van der Waals surface area contributed by atoms with Crippen LogP contribution in [0.15, 0.2) is 34.9 Å². The first-order valence-corrected chi connectivity index (χ1v) is 10.9. The summed E-state index contributed by atoms with van der Waals surface area (Å²) in [6, 6.07) is 11.3. The number of hydrogen-bond acceptors (Lipinski definition) is 6. The van der Waals surface area contributed by atoms with Crippen LogP contribution in [0.5, 0.6) is 0 Å². The van der Waals surface area contributed by atoms with E-state index in [1.807, 2.05) is 6.07 Å². The van der Waals surface area contributed by atoms with Crippen molar-refractivity contribution in [1.82, 2.24) is 19.9 Å². The van der Waals surface area contributed by atoms with Gasteiger partial charge < -0.3 is 4.52 Å². The van der Waals surface area contributed by atoms with Gasteiger partial charge in [-0.1, -0.05) is 35.5 Å². The van der Waals surface area contributed by atoms with E-state index in [-0.39, 0.29) is 0 Å². The zero-order valence-corrected chi connectivity index (χ0v) is 16.2. The highest BCUT2D eigenvalue weighted by atomic mass is 32.2. The molecular formula is C20H28N4OS. The van der Waals surface area contributed by atoms with Crippen LogP contribution in [-0.4, -0.2) is 63.7 Å². The molecule has 0 amide bonds. The first kappa shape index (κ1) is 18.0. The third kappa shape index (κ3) is 4.87. The Morgan fingerprint density at radius 1 is 1.00 bits per heavy atom. The lowest BCUT2D eigenvalue weighted by atomic mass is 10.0. The molecule has 6 heteroatoms. The second-order valence-corrected chi connectivity index (χ2v) is 8.47. The summed E-state index contributed by atoms with van der Waals surface area (Å²) in [5.41, 5.74) is 1.32. The van der Waals surface area contributed by atoms with Crippen LogP contribution in [0.3, 0.4) is 0 Å². The van der Waals surface area contributed by atoms with Crippen molar-refractivity contribution in [1.29, 1.82) is 0 Å². The Hall–Kier alpha value is -1.37. The fraction of sp³-hybridized carbons (Fsp3) is 0.600. The van der Waals surface area contributed by atoms with Gasteiger partial charge in [0.2, 0.25) is 5.89 Å². The molecule has 0 bridgehead atoms. The van der Waals surface area contributed by atoms with Crippen molar-refractivity contribution in [3.8, 4) is 0 Å². The maximum Gasteiger partial charge on any atom is 0.240 e. The summed E-state index contributed by atoms with van der Waals surface area (Å²) in [6.45, 7) is 5.60. The van der Waals surface area contributed by atoms with E-state index in [0.29, 0.717) is 0 Å². The molecule has 5 nitrogen and oxygen atoms in total. The van der Waals surface area contributed by atoms with Gasteiger partial charge >= 0.3 is 0 Å². The van der Waals surface area contributed by atoms with E-state index in [1.165, 1.54) is 43.0 Å². The maximum atomic E-state index is 5.48. The molecule has 0 spiro atoms. The van der Waals surface area contributed by atoms with Crippen molar-refractivity contribution in [2.75, 3.05) is 37.7 Å². The minimum absolute atomic E-state index is 0.765. The molecule has 2 fully saturated rings. The van der Waals surface area contributed by atoms with Crippen LogP contribution in [0.2, 0.25) is 0 Å². The molecular weight excluding hydrogens is 344 g/mol. The van der Waals surface area contributed by atoms with Crippen LogP contribution >= 0.6 is 11.8 Å². The van der Waals surface area contributed by atoms with Crippen molar-refractivity contribution >= 4 is 11.8 Å². The number of rotatable bonds is 6. The summed E-state index contributed by atoms with van der Waals surface area (Å²) in [5.74, 6) is 4.19. The molecule has 0 aliphatic carbocycles. The van der Waals surface area contributed by atoms with E-state index in [2.05, 4.69) is 56.0 Å². The Morgan fingerprint density at radius 2 is 1.77 bits per heavy atom. The Labute approximate surface area is 160 Å². The van der Waals surface area contributed by atoms with Gasteiger partial charge in [0.25, 0.3) is 0 Å². The fourth-order valence-electron chi connectivity index (χ4n) is 3.93. The van der Waals surface area contributed by atoms with Crippen LogP contribution < -0.4 is 0 Å². The predicted octanol–water partition coefficient (Wildman–Crippen LogP) is 2.87. The third-order valence-electron chi connectivity index (χ3n) is 5.47. The summed E-state index contributed by atoms with van der Waals surface area (Å²) in [6.07, 6.45) is 4.32. The summed E-state index contributed by atoms with van der Waals surface area (Å²) in [7, 11) is 0. The van der Waals surface area contributed by atoms with E-state index in [0.717, 1.165) is 50.2 Å². The first-order valence-electron chi connectivity index (χ1n) is 9.76. The van der Waals surface area contributed by atoms with Crippen LogP contribution in [0.1, 0.15) is 30.1 Å². The van der Waals surface area contributed by atoms with Gasteiger partial charge in [-0.3, -0.25) is 9.80 Å². The molecule has 140 valence electrons. The molecule has 0 saturated carbocycles. The molecule has 26 heavy (non-hydrogen) atoms. The average Bonchev–Trinajstić information content (AvgIpc) is 3.16. The molecule has 4 rings (SSSR count). The lowest BCUT2D eigenvalue weighted by Gasteiger charge is -2.39. The highest BCUT2D eigenvalue weighted by Gasteiger charge is 2.26. The van der Waals surface area contributed by atoms with Crippen LogP contribution in [-0.2, 0) is 19.4 Å². The van der Waals surface area contributed by atoms with Crippen molar-refractivity contribution in [2.24, 2.45) is 0 Å². The van der Waals surface area contributed by atoms with E-state index < -0.39 is 0 Å². The molecule has 2 aliphatic heterocycles. The molecule has 0 unspecified atom stereocenters. The predicted molar refractivity (Wildman–Crippen MR) is 105 cm³/mol. The van der Waals surface area contributed by atoms with Crippen LogP contribution in [0, 0.1) is 0 Å². The van der Waals surface area contributed by atoms with Gasteiger partial charge in [-0.25, -0.2) is 0 Å². The van der Waals surface area contributed by atoms with Gasteiger partial charge in [-0.2, -0.15) is 16.7 Å². The molecule has 0 N–H and O–H groups in total. The number of hydrogen-bond donors (Lipinski definition) is 0. The zero-order valence-electron chi connectivity index (χ0n) is 15.3. The number of benzene rings is 1. The summed E-state index contributed by atoms with van der Waals surface area (Å²) in [4.78, 5) is 9.75. The zero-order chi connectivity index (χ0) is 17.6. The van der Waals surface area contributed by atoms with Gasteiger partial charge in [-0.05, 0) is 24.8 Å². The molecule has 0 atom stereocenters. The molecule has 2 saturated heterocycles. The van der Waals surface area contributed by atoms with Crippen molar-refractivity contribution in [2.45, 2.75) is 38.3 Å². The molecule has 3 heterocycles. The van der Waals surface area contributed by atoms with Gasteiger partial charge in [0.1, 0.15) is 0 Å². The van der Waals surface area contributed by atoms with Crippen molar-refractivity contribution in [3.05, 3.63) is 47.6 Å². The quantitative estimate of drug-likeness (QED) is 0.777. The fourth-order valence-corrected chi connectivity index (χ4v) is 4.86. The second kappa shape index (κ2) is 9.02. The lowest BCUT2D eigenvalue weighted by molar-refractivity contribution is 0.105. The normalized spacial score (nSPS) is 20.5. The Bertz CT molecular complexity index is 663. The van der Waals surface area contributed by atoms with Gasteiger partial charge in [0.15, 0.2) is 5.82 Å². The molecule has 2 aliphatic rings. The topological polar surface area (TPSA) is 45.4 Å². The Morgan fingerprint density at radius 3 is 2.54 bits per heavy atom. The maximum absolute atomic E-state index is 5.48. The lowest BCUT2D eigenvalue weighted by Crippen LogP contribution is -2.47. The molecule has 1 aromatic carbocycles. The Kier molecular flexibility index (Phi) is 6.25. The smallest absolute Gasteiger partial charge is 0.240 e. The monoisotopic (exact) mass is 372 g/mol. The minimum Gasteiger partial charge on any atom is -0.338 e. The highest BCUT2D eigenvalue weighted by molar-refractivity contribution is 7.99. The number of aryl methyl sites for hydroxylation is 2. The number of nitrogens with zero attached hydrogens (tertiary/aromatic N) is 4. The largest absolute Gasteiger partial charge is 0.338 e. The minimum atomic E-state index is 0.765. The molecule has 2 aromatic rings. The van der Waals surface area contributed by atoms with E-state index >= 15 is 0 Å². The summed E-state index contributed by atoms with van der Waals surface area (Å²) < 4.78 is 5.48. The number of aromatic nitrogens is 2. The van der Waals surface area contributed by atoms with Gasteiger partial charge in [-0.15, -0.1) is 0 Å². The van der Waals surface area contributed by atoms with Crippen LogP contribution in [0.4, 0.5) is 0 Å². The average molecular weight is 373 g/mol. The van der Waals surface area contributed by atoms with Crippen molar-refractivity contribution < 1.29 is 4.52 Å². The molecule has 1 aromatic heterocycles. The number of thioether (sulfide) groups is 1. The van der Waals surface area contributed by atoms with Gasteiger partial charge in [0, 0.05) is 50.1 Å². The van der Waals surface area contributed by atoms with Crippen molar-refractivity contribution in [3.63, 3.8) is 0 Å². The summed E-state index contributed by atoms with van der Waals surface area (Å²) in [5, 5.41) is 4.16. The highest BCUT2D eigenvalue weighted by Crippen LogP contribution is 2.21. The Balaban J connectivity index is 1.22. The second-order valence-electron chi connectivity index (χ2n) is 7.25. The van der Waals surface area contributed by atoms with E-state index in [1.54, 1.807) is 0 Å². The first-order chi connectivity index (χ1) is 12.9. The van der Waals surface area contributed by atoms with E-state index in [4.69, 9.17) is 4.52 Å². The number of likely N-dealkylation sites (tertiary alicyclic amines) is 1. The standard InChI is InChI=1S/C20H28N4OS/c1-2-4-17(5-3-1)6-7-19-21-20(25-22-19)16-23-10-8-18(9-11-23)24-12-14-26-15-13-24/h1-5,18H,6-16H2. The SMILES string of the molecule is c1ccc(CCc2noc(CN3CCC(N4CCSCC4)CC3)n2)cc1. The third-order valence-corrected chi connectivity index (χ3v) is 6.41. The van der Waals surface area contributed by atoms with E-state index in [9.17, 15) is 0 Å². The number of piperidine rings is 1. The van der Waals surface area contributed by atoms with Crippen LogP contribution in [0.25, 0.3) is 0 Å². The summed E-state index contributed by atoms with van der Waals surface area (Å²) >= 11 is 2.09. The molecule has 0 radical (unpaired) electrons. The van der Waals surface area contributed by atoms with Gasteiger partial charge in [0.05, 0.1) is 6.54 Å².